The fourth-order valence-corrected chi connectivity index (χ4v) is 2.14. The first kappa shape index (κ1) is 11.1. The van der Waals surface area contributed by atoms with Crippen molar-refractivity contribution < 1.29 is 8.91 Å². The fourth-order valence-electron chi connectivity index (χ4n) is 1.60. The fraction of sp³-hybridized carbons (Fsp3) is 0.182. The standard InChI is InChI=1S/C11H10BrFN2O/c1-5-3-8(12)10(13)9(6(5)2)7-4-15-16-11(7)14/h3-4H,14H2,1-2H3. The minimum atomic E-state index is -0.349. The van der Waals surface area contributed by atoms with Crippen LogP contribution in [0.3, 0.4) is 0 Å². The maximum Gasteiger partial charge on any atom is 0.230 e. The molecule has 0 radical (unpaired) electrons. The van der Waals surface area contributed by atoms with Gasteiger partial charge in [0, 0.05) is 5.56 Å². The Balaban J connectivity index is 2.79. The van der Waals surface area contributed by atoms with E-state index >= 15 is 0 Å². The van der Waals surface area contributed by atoms with E-state index in [2.05, 4.69) is 21.1 Å². The lowest BCUT2D eigenvalue weighted by molar-refractivity contribution is 0.436. The normalized spacial score (nSPS) is 10.8. The summed E-state index contributed by atoms with van der Waals surface area (Å²) in [5.74, 6) is -0.225. The van der Waals surface area contributed by atoms with Crippen molar-refractivity contribution in [2.75, 3.05) is 5.73 Å². The molecule has 0 aliphatic heterocycles. The molecule has 0 unspecified atom stereocenters. The van der Waals surface area contributed by atoms with Gasteiger partial charge in [-0.1, -0.05) is 5.16 Å². The minimum Gasteiger partial charge on any atom is -0.367 e. The molecule has 0 atom stereocenters. The predicted octanol–water partition coefficient (Wildman–Crippen LogP) is 3.44. The lowest BCUT2D eigenvalue weighted by Crippen LogP contribution is -1.95. The maximum absolute atomic E-state index is 14.0. The minimum absolute atomic E-state index is 0.125. The molecule has 3 nitrogen and oxygen atoms in total. The third kappa shape index (κ3) is 1.61. The van der Waals surface area contributed by atoms with Crippen molar-refractivity contribution in [3.05, 3.63) is 33.7 Å². The molecule has 0 saturated heterocycles. The van der Waals surface area contributed by atoms with Crippen molar-refractivity contribution in [2.24, 2.45) is 0 Å². The topological polar surface area (TPSA) is 52.0 Å². The van der Waals surface area contributed by atoms with Gasteiger partial charge < -0.3 is 10.3 Å². The van der Waals surface area contributed by atoms with Crippen LogP contribution in [0.4, 0.5) is 10.3 Å². The first-order chi connectivity index (χ1) is 7.52. The van der Waals surface area contributed by atoms with Crippen LogP contribution in [0.1, 0.15) is 11.1 Å². The summed E-state index contributed by atoms with van der Waals surface area (Å²) in [7, 11) is 0. The smallest absolute Gasteiger partial charge is 0.230 e. The Morgan fingerprint density at radius 1 is 1.44 bits per heavy atom. The number of aromatic nitrogens is 1. The molecule has 5 heteroatoms. The van der Waals surface area contributed by atoms with Crippen LogP contribution in [0, 0.1) is 19.7 Å². The Bertz CT molecular complexity index is 525. The van der Waals surface area contributed by atoms with Gasteiger partial charge in [0.2, 0.25) is 5.88 Å². The number of hydrogen-bond acceptors (Lipinski definition) is 3. The van der Waals surface area contributed by atoms with Gasteiger partial charge in [-0.3, -0.25) is 0 Å². The summed E-state index contributed by atoms with van der Waals surface area (Å²) in [4.78, 5) is 0. The molecular weight excluding hydrogens is 275 g/mol. The van der Waals surface area contributed by atoms with Gasteiger partial charge in [-0.05, 0) is 47.0 Å². The van der Waals surface area contributed by atoms with Crippen LogP contribution in [-0.4, -0.2) is 5.16 Å². The second kappa shape index (κ2) is 3.90. The van der Waals surface area contributed by atoms with Crippen molar-refractivity contribution in [1.82, 2.24) is 5.16 Å². The highest BCUT2D eigenvalue weighted by Gasteiger charge is 2.18. The highest BCUT2D eigenvalue weighted by molar-refractivity contribution is 9.10. The zero-order valence-corrected chi connectivity index (χ0v) is 10.4. The number of anilines is 1. The third-order valence-electron chi connectivity index (χ3n) is 2.61. The largest absolute Gasteiger partial charge is 0.367 e. The number of benzene rings is 1. The highest BCUT2D eigenvalue weighted by atomic mass is 79.9. The average Bonchev–Trinajstić information content (AvgIpc) is 2.63. The molecule has 2 N–H and O–H groups in total. The molecule has 0 aliphatic rings. The summed E-state index contributed by atoms with van der Waals surface area (Å²) in [5.41, 5.74) is 8.33. The van der Waals surface area contributed by atoms with Crippen LogP contribution in [0.15, 0.2) is 21.3 Å². The molecular formula is C11H10BrFN2O. The number of halogens is 2. The van der Waals surface area contributed by atoms with E-state index in [0.717, 1.165) is 11.1 Å². The average molecular weight is 285 g/mol. The molecule has 1 heterocycles. The molecule has 16 heavy (non-hydrogen) atoms. The van der Waals surface area contributed by atoms with Crippen molar-refractivity contribution in [1.29, 1.82) is 0 Å². The second-order valence-corrected chi connectivity index (χ2v) is 4.45. The van der Waals surface area contributed by atoms with Crippen molar-refractivity contribution in [2.45, 2.75) is 13.8 Å². The van der Waals surface area contributed by atoms with Crippen LogP contribution in [0.2, 0.25) is 0 Å². The SMILES string of the molecule is Cc1cc(Br)c(F)c(-c2cnoc2N)c1C. The van der Waals surface area contributed by atoms with Crippen molar-refractivity contribution >= 4 is 21.8 Å². The number of nitrogens with zero attached hydrogens (tertiary/aromatic N) is 1. The van der Waals surface area contributed by atoms with Crippen molar-refractivity contribution in [3.63, 3.8) is 0 Å². The molecule has 84 valence electrons. The summed E-state index contributed by atoms with van der Waals surface area (Å²) in [6.07, 6.45) is 1.42. The predicted molar refractivity (Wildman–Crippen MR) is 63.5 cm³/mol. The zero-order chi connectivity index (χ0) is 11.9. The molecule has 2 rings (SSSR count). The lowest BCUT2D eigenvalue weighted by atomic mass is 9.98. The van der Waals surface area contributed by atoms with E-state index in [1.807, 2.05) is 13.8 Å². The van der Waals surface area contributed by atoms with Gasteiger partial charge in [0.05, 0.1) is 16.2 Å². The van der Waals surface area contributed by atoms with E-state index in [1.54, 1.807) is 6.07 Å². The molecule has 1 aromatic carbocycles. The molecule has 0 fully saturated rings. The van der Waals surface area contributed by atoms with Gasteiger partial charge in [0.1, 0.15) is 5.82 Å². The van der Waals surface area contributed by atoms with Gasteiger partial charge >= 0.3 is 0 Å². The summed E-state index contributed by atoms with van der Waals surface area (Å²) >= 11 is 3.17. The zero-order valence-electron chi connectivity index (χ0n) is 8.84. The van der Waals surface area contributed by atoms with E-state index < -0.39 is 0 Å². The van der Waals surface area contributed by atoms with E-state index in [0.29, 0.717) is 15.6 Å². The summed E-state index contributed by atoms with van der Waals surface area (Å²) < 4.78 is 19.2. The van der Waals surface area contributed by atoms with Crippen molar-refractivity contribution in [3.8, 4) is 11.1 Å². The molecule has 0 spiro atoms. The number of nitrogen functional groups attached to an aromatic ring is 1. The number of aryl methyl sites for hydroxylation is 1. The molecule has 0 amide bonds. The Morgan fingerprint density at radius 3 is 2.69 bits per heavy atom. The Kier molecular flexibility index (Phi) is 2.71. The summed E-state index contributed by atoms with van der Waals surface area (Å²) in [5, 5.41) is 3.56. The van der Waals surface area contributed by atoms with E-state index in [1.165, 1.54) is 6.20 Å². The first-order valence-corrected chi connectivity index (χ1v) is 5.47. The van der Waals surface area contributed by atoms with Gasteiger partial charge in [-0.2, -0.15) is 0 Å². The molecule has 1 aromatic heterocycles. The van der Waals surface area contributed by atoms with Crippen LogP contribution in [-0.2, 0) is 0 Å². The highest BCUT2D eigenvalue weighted by Crippen LogP contribution is 2.35. The Labute approximate surface area is 101 Å². The van der Waals surface area contributed by atoms with Crippen LogP contribution in [0.5, 0.6) is 0 Å². The molecule has 0 aliphatic carbocycles. The van der Waals surface area contributed by atoms with Gasteiger partial charge in [0.25, 0.3) is 0 Å². The molecule has 0 saturated carbocycles. The maximum atomic E-state index is 14.0. The monoisotopic (exact) mass is 284 g/mol. The second-order valence-electron chi connectivity index (χ2n) is 3.59. The van der Waals surface area contributed by atoms with Crippen LogP contribution >= 0.6 is 15.9 Å². The summed E-state index contributed by atoms with van der Waals surface area (Å²) in [6, 6.07) is 1.73. The number of hydrogen-bond donors (Lipinski definition) is 1. The quantitative estimate of drug-likeness (QED) is 0.873. The Morgan fingerprint density at radius 2 is 2.12 bits per heavy atom. The number of nitrogens with two attached hydrogens (primary N) is 1. The Hall–Kier alpha value is -1.36. The van der Waals surface area contributed by atoms with Gasteiger partial charge in [0.15, 0.2) is 0 Å². The number of rotatable bonds is 1. The lowest BCUT2D eigenvalue weighted by Gasteiger charge is -2.10. The third-order valence-corrected chi connectivity index (χ3v) is 3.18. The van der Waals surface area contributed by atoms with Gasteiger partial charge in [-0.15, -0.1) is 0 Å². The summed E-state index contributed by atoms with van der Waals surface area (Å²) in [6.45, 7) is 3.75. The van der Waals surface area contributed by atoms with Crippen LogP contribution < -0.4 is 5.73 Å². The van der Waals surface area contributed by atoms with Gasteiger partial charge in [-0.25, -0.2) is 4.39 Å². The van der Waals surface area contributed by atoms with E-state index in [9.17, 15) is 4.39 Å². The first-order valence-electron chi connectivity index (χ1n) is 4.68. The molecule has 0 bridgehead atoms. The van der Waals surface area contributed by atoms with E-state index in [-0.39, 0.29) is 11.7 Å². The molecule has 2 aromatic rings. The van der Waals surface area contributed by atoms with E-state index in [4.69, 9.17) is 10.3 Å². The van der Waals surface area contributed by atoms with Crippen LogP contribution in [0.25, 0.3) is 11.1 Å².